The van der Waals surface area contributed by atoms with E-state index in [0.29, 0.717) is 34.6 Å². The van der Waals surface area contributed by atoms with E-state index in [1.165, 1.54) is 12.1 Å². The molecule has 1 amide bonds. The van der Waals surface area contributed by atoms with Crippen LogP contribution in [-0.2, 0) is 15.0 Å². The molecule has 3 aliphatic rings. The Kier molecular flexibility index (Phi) is 4.87. The summed E-state index contributed by atoms with van der Waals surface area (Å²) in [4.78, 5) is 40.3. The molecule has 1 unspecified atom stereocenters. The first-order valence-electron chi connectivity index (χ1n) is 11.6. The van der Waals surface area contributed by atoms with E-state index in [1.807, 2.05) is 32.9 Å². The second kappa shape index (κ2) is 7.52. The highest BCUT2D eigenvalue weighted by Crippen LogP contribution is 2.57. The summed E-state index contributed by atoms with van der Waals surface area (Å²) >= 11 is 0. The molecular formula is C27H25N5O4. The molecule has 182 valence electrons. The van der Waals surface area contributed by atoms with E-state index in [4.69, 9.17) is 5.73 Å². The molecule has 0 saturated heterocycles. The summed E-state index contributed by atoms with van der Waals surface area (Å²) in [6, 6.07) is 11.9. The number of rotatable bonds is 2. The molecule has 0 aromatic heterocycles. The quantitative estimate of drug-likeness (QED) is 0.480. The van der Waals surface area contributed by atoms with Gasteiger partial charge in [-0.25, -0.2) is 0 Å². The summed E-state index contributed by atoms with van der Waals surface area (Å²) in [7, 11) is 0. The Hall–Kier alpha value is -4.45. The average Bonchev–Trinajstić information content (AvgIpc) is 3.05. The third-order valence-electron chi connectivity index (χ3n) is 7.29. The van der Waals surface area contributed by atoms with Crippen molar-refractivity contribution in [3.8, 4) is 6.07 Å². The van der Waals surface area contributed by atoms with Crippen molar-refractivity contribution in [2.45, 2.75) is 46.0 Å². The van der Waals surface area contributed by atoms with Crippen LogP contribution in [0, 0.1) is 40.7 Å². The average molecular weight is 484 g/mol. The minimum absolute atomic E-state index is 0.0187. The van der Waals surface area contributed by atoms with E-state index in [-0.39, 0.29) is 34.9 Å². The zero-order chi connectivity index (χ0) is 26.2. The van der Waals surface area contributed by atoms with Crippen LogP contribution in [0.25, 0.3) is 0 Å². The highest BCUT2D eigenvalue weighted by Gasteiger charge is 2.61. The molecule has 0 bridgehead atoms. The fourth-order valence-corrected chi connectivity index (χ4v) is 5.76. The molecule has 2 aromatic rings. The number of Topliss-reactive ketones (excluding diaryl/α,β-unsaturated/α-hetero) is 1. The first kappa shape index (κ1) is 23.3. The number of fused-ring (bicyclic) bond motifs is 3. The van der Waals surface area contributed by atoms with Crippen molar-refractivity contribution in [2.24, 2.45) is 11.1 Å². The second-order valence-electron chi connectivity index (χ2n) is 10.5. The molecule has 2 aromatic carbocycles. The van der Waals surface area contributed by atoms with E-state index in [2.05, 4.69) is 11.4 Å². The summed E-state index contributed by atoms with van der Waals surface area (Å²) < 4.78 is 0. The number of non-ortho nitro benzene ring substituents is 1. The van der Waals surface area contributed by atoms with Crippen LogP contribution in [0.3, 0.4) is 0 Å². The predicted octanol–water partition coefficient (Wildman–Crippen LogP) is 4.26. The van der Waals surface area contributed by atoms with Crippen LogP contribution in [0.15, 0.2) is 59.1 Å². The van der Waals surface area contributed by atoms with Crippen molar-refractivity contribution < 1.29 is 14.5 Å². The number of hydrogen-bond donors (Lipinski definition) is 2. The highest BCUT2D eigenvalue weighted by atomic mass is 16.6. The molecule has 0 fully saturated rings. The van der Waals surface area contributed by atoms with Crippen molar-refractivity contribution in [3.05, 3.63) is 85.9 Å². The fourth-order valence-electron chi connectivity index (χ4n) is 5.76. The summed E-state index contributed by atoms with van der Waals surface area (Å²) in [6.07, 6.45) is 0.564. The number of nitriles is 1. The molecule has 1 spiro atoms. The van der Waals surface area contributed by atoms with Crippen LogP contribution in [0.2, 0.25) is 0 Å². The lowest BCUT2D eigenvalue weighted by Gasteiger charge is -2.47. The van der Waals surface area contributed by atoms with Crippen LogP contribution < -0.4 is 16.0 Å². The van der Waals surface area contributed by atoms with Gasteiger partial charge in [0.05, 0.1) is 16.2 Å². The molecule has 9 heteroatoms. The Morgan fingerprint density at radius 2 is 1.86 bits per heavy atom. The van der Waals surface area contributed by atoms with Gasteiger partial charge in [0.15, 0.2) is 5.78 Å². The van der Waals surface area contributed by atoms with Gasteiger partial charge in [-0.2, -0.15) is 5.26 Å². The number of allylic oxidation sites excluding steroid dienone is 1. The highest BCUT2D eigenvalue weighted by molar-refractivity contribution is 6.20. The van der Waals surface area contributed by atoms with Crippen molar-refractivity contribution >= 4 is 28.8 Å². The maximum Gasteiger partial charge on any atom is 0.271 e. The molecule has 1 aliphatic carbocycles. The first-order chi connectivity index (χ1) is 16.9. The third kappa shape index (κ3) is 3.00. The van der Waals surface area contributed by atoms with Gasteiger partial charge >= 0.3 is 0 Å². The number of carbonyl (C=O) groups excluding carboxylic acids is 2. The van der Waals surface area contributed by atoms with Gasteiger partial charge in [-0.05, 0) is 37.3 Å². The number of nitrogens with zero attached hydrogens (tertiary/aromatic N) is 3. The van der Waals surface area contributed by atoms with Crippen LogP contribution >= 0.6 is 0 Å². The number of benzene rings is 2. The molecular weight excluding hydrogens is 458 g/mol. The Bertz CT molecular complexity index is 1510. The monoisotopic (exact) mass is 483 g/mol. The number of anilines is 2. The SMILES string of the molecule is Cc1ccc2c(c1)C1(C(=O)N2)C(C#N)=C(N)N(c2cc([N+](=O)[O-])ccc2C)C2=C1C(=O)CC(C)(C)C2. The molecule has 1 atom stereocenters. The van der Waals surface area contributed by atoms with Gasteiger partial charge in [0.2, 0.25) is 5.91 Å². The van der Waals surface area contributed by atoms with E-state index < -0.39 is 21.7 Å². The molecule has 2 aliphatic heterocycles. The van der Waals surface area contributed by atoms with Crippen LogP contribution in [0.5, 0.6) is 0 Å². The number of carbonyl (C=O) groups is 2. The molecule has 5 rings (SSSR count). The summed E-state index contributed by atoms with van der Waals surface area (Å²) in [5.41, 5.74) is 8.01. The normalized spacial score (nSPS) is 22.4. The van der Waals surface area contributed by atoms with Crippen LogP contribution in [0.1, 0.15) is 43.4 Å². The van der Waals surface area contributed by atoms with Gasteiger partial charge < -0.3 is 11.1 Å². The fraction of sp³-hybridized carbons (Fsp3) is 0.296. The van der Waals surface area contributed by atoms with Crippen LogP contribution in [-0.4, -0.2) is 16.6 Å². The van der Waals surface area contributed by atoms with Crippen molar-refractivity contribution in [3.63, 3.8) is 0 Å². The summed E-state index contributed by atoms with van der Waals surface area (Å²) in [5.74, 6) is -0.771. The Balaban J connectivity index is 1.92. The van der Waals surface area contributed by atoms with Gasteiger partial charge in [0.25, 0.3) is 5.69 Å². The summed E-state index contributed by atoms with van der Waals surface area (Å²) in [5, 5.41) is 24.9. The largest absolute Gasteiger partial charge is 0.384 e. The van der Waals surface area contributed by atoms with E-state index in [9.17, 15) is 25.0 Å². The lowest BCUT2D eigenvalue weighted by atomic mass is 9.60. The Morgan fingerprint density at radius 1 is 1.14 bits per heavy atom. The predicted molar refractivity (Wildman–Crippen MR) is 134 cm³/mol. The van der Waals surface area contributed by atoms with Gasteiger partial charge in [-0.1, -0.05) is 37.6 Å². The van der Waals surface area contributed by atoms with E-state index in [0.717, 1.165) is 5.56 Å². The van der Waals surface area contributed by atoms with Gasteiger partial charge in [0, 0.05) is 41.1 Å². The van der Waals surface area contributed by atoms with Crippen molar-refractivity contribution in [2.75, 3.05) is 10.2 Å². The zero-order valence-electron chi connectivity index (χ0n) is 20.4. The molecule has 36 heavy (non-hydrogen) atoms. The third-order valence-corrected chi connectivity index (χ3v) is 7.29. The maximum absolute atomic E-state index is 13.9. The number of aryl methyl sites for hydroxylation is 2. The van der Waals surface area contributed by atoms with Crippen molar-refractivity contribution in [1.29, 1.82) is 5.26 Å². The van der Waals surface area contributed by atoms with Gasteiger partial charge in [-0.3, -0.25) is 24.6 Å². The number of nitro benzene ring substituents is 1. The Morgan fingerprint density at radius 3 is 2.53 bits per heavy atom. The molecule has 0 radical (unpaired) electrons. The van der Waals surface area contributed by atoms with E-state index >= 15 is 0 Å². The number of amides is 1. The standard InChI is InChI=1S/C27H25N5O4/c1-14-5-8-19-17(9-14)27(25(34)30-19)18(13-28)24(29)31(20-10-16(32(35)36)7-6-15(20)2)21-11-26(3,4)12-22(33)23(21)27/h5-10H,11-12,29H2,1-4H3,(H,30,34). The number of nitro groups is 1. The molecule has 2 heterocycles. The number of ketones is 1. The topological polar surface area (TPSA) is 142 Å². The Labute approximate surface area is 208 Å². The summed E-state index contributed by atoms with van der Waals surface area (Å²) in [6.45, 7) is 7.55. The minimum Gasteiger partial charge on any atom is -0.384 e. The first-order valence-corrected chi connectivity index (χ1v) is 11.6. The lowest BCUT2D eigenvalue weighted by Crippen LogP contribution is -2.52. The van der Waals surface area contributed by atoms with Gasteiger partial charge in [0.1, 0.15) is 17.3 Å². The van der Waals surface area contributed by atoms with E-state index in [1.54, 1.807) is 24.0 Å². The minimum atomic E-state index is -1.69. The second-order valence-corrected chi connectivity index (χ2v) is 10.5. The molecule has 9 nitrogen and oxygen atoms in total. The number of nitrogens with one attached hydrogen (secondary N) is 1. The maximum atomic E-state index is 13.9. The molecule has 0 saturated carbocycles. The smallest absolute Gasteiger partial charge is 0.271 e. The van der Waals surface area contributed by atoms with Crippen molar-refractivity contribution in [1.82, 2.24) is 0 Å². The van der Waals surface area contributed by atoms with Crippen LogP contribution in [0.4, 0.5) is 17.1 Å². The zero-order valence-corrected chi connectivity index (χ0v) is 20.4. The van der Waals surface area contributed by atoms with Gasteiger partial charge in [-0.15, -0.1) is 0 Å². The number of hydrogen-bond acceptors (Lipinski definition) is 7. The number of nitrogens with two attached hydrogens (primary N) is 1. The molecule has 3 N–H and O–H groups in total. The lowest BCUT2D eigenvalue weighted by molar-refractivity contribution is -0.384.